The fourth-order valence-corrected chi connectivity index (χ4v) is 1.34. The highest BCUT2D eigenvalue weighted by atomic mass is 16.1. The van der Waals surface area contributed by atoms with Crippen molar-refractivity contribution in [3.63, 3.8) is 0 Å². The summed E-state index contributed by atoms with van der Waals surface area (Å²) in [6, 6.07) is 7.51. The number of aldehydes is 1. The third-order valence-electron chi connectivity index (χ3n) is 2.33. The first-order chi connectivity index (χ1) is 8.28. The molecule has 0 fully saturated rings. The maximum atomic E-state index is 10.5. The smallest absolute Gasteiger partial charge is 0.151 e. The number of hydrogen-bond donors (Lipinski definition) is 0. The van der Waals surface area contributed by atoms with Gasteiger partial charge in [0.2, 0.25) is 0 Å². The number of aromatic nitrogens is 2. The van der Waals surface area contributed by atoms with Crippen LogP contribution >= 0.6 is 0 Å². The topological polar surface area (TPSA) is 42.9 Å². The fourth-order valence-electron chi connectivity index (χ4n) is 1.34. The minimum atomic E-state index is 0.583. The molecule has 0 spiro atoms. The van der Waals surface area contributed by atoms with E-state index in [1.54, 1.807) is 12.3 Å². The molecule has 0 aliphatic heterocycles. The molecule has 0 saturated carbocycles. The van der Waals surface area contributed by atoms with Crippen LogP contribution in [-0.4, -0.2) is 16.3 Å². The van der Waals surface area contributed by atoms with Crippen LogP contribution in [0.2, 0.25) is 0 Å². The molecule has 2 rings (SSSR count). The van der Waals surface area contributed by atoms with Gasteiger partial charge in [-0.25, -0.2) is 0 Å². The first kappa shape index (κ1) is 11.2. The van der Waals surface area contributed by atoms with E-state index in [4.69, 9.17) is 0 Å². The molecule has 3 heteroatoms. The normalized spacial score (nSPS) is 10.6. The van der Waals surface area contributed by atoms with Crippen molar-refractivity contribution in [1.29, 1.82) is 0 Å². The van der Waals surface area contributed by atoms with Crippen LogP contribution in [0.5, 0.6) is 0 Å². The monoisotopic (exact) mass is 224 g/mol. The number of carbonyl (C=O) groups excluding carboxylic acids is 1. The standard InChI is InChI=1S/C14H12N2O/c1-11-2-3-12(8-15-11)4-6-14-7-5-13(10-17)9-16-14/h2-10H,1H3/b6-4+. The van der Waals surface area contributed by atoms with E-state index >= 15 is 0 Å². The van der Waals surface area contributed by atoms with Crippen molar-refractivity contribution < 1.29 is 4.79 Å². The molecule has 2 aromatic heterocycles. The second kappa shape index (κ2) is 5.16. The molecule has 17 heavy (non-hydrogen) atoms. The zero-order chi connectivity index (χ0) is 12.1. The molecular formula is C14H12N2O. The molecular weight excluding hydrogens is 212 g/mol. The molecule has 0 atom stereocenters. The third kappa shape index (κ3) is 3.08. The Kier molecular flexibility index (Phi) is 3.40. The van der Waals surface area contributed by atoms with Crippen molar-refractivity contribution in [2.45, 2.75) is 6.92 Å². The molecule has 0 aliphatic rings. The van der Waals surface area contributed by atoms with Crippen LogP contribution in [0.15, 0.2) is 36.7 Å². The van der Waals surface area contributed by atoms with Crippen molar-refractivity contribution in [3.05, 3.63) is 59.2 Å². The molecule has 0 aromatic carbocycles. The molecule has 3 nitrogen and oxygen atoms in total. The van der Waals surface area contributed by atoms with Crippen LogP contribution < -0.4 is 0 Å². The number of aryl methyl sites for hydroxylation is 1. The maximum Gasteiger partial charge on any atom is 0.151 e. The average molecular weight is 224 g/mol. The van der Waals surface area contributed by atoms with Crippen LogP contribution in [0.3, 0.4) is 0 Å². The van der Waals surface area contributed by atoms with Crippen LogP contribution in [-0.2, 0) is 0 Å². The van der Waals surface area contributed by atoms with Crippen molar-refractivity contribution in [2.75, 3.05) is 0 Å². The van der Waals surface area contributed by atoms with Gasteiger partial charge in [-0.05, 0) is 36.8 Å². The lowest BCUT2D eigenvalue weighted by Crippen LogP contribution is -1.84. The summed E-state index contributed by atoms with van der Waals surface area (Å²) >= 11 is 0. The first-order valence-electron chi connectivity index (χ1n) is 5.30. The quantitative estimate of drug-likeness (QED) is 0.753. The SMILES string of the molecule is Cc1ccc(/C=C/c2ccc(C=O)cn2)cn1. The Morgan fingerprint density at radius 1 is 0.941 bits per heavy atom. The largest absolute Gasteiger partial charge is 0.298 e. The van der Waals surface area contributed by atoms with Gasteiger partial charge in [0.05, 0.1) is 5.69 Å². The van der Waals surface area contributed by atoms with Crippen molar-refractivity contribution in [2.24, 2.45) is 0 Å². The summed E-state index contributed by atoms with van der Waals surface area (Å²) in [4.78, 5) is 18.8. The van der Waals surface area contributed by atoms with Gasteiger partial charge >= 0.3 is 0 Å². The number of rotatable bonds is 3. The van der Waals surface area contributed by atoms with E-state index in [1.807, 2.05) is 43.5 Å². The summed E-state index contributed by atoms with van der Waals surface area (Å²) in [7, 11) is 0. The van der Waals surface area contributed by atoms with Gasteiger partial charge in [-0.15, -0.1) is 0 Å². The lowest BCUT2D eigenvalue weighted by molar-refractivity contribution is 0.112. The van der Waals surface area contributed by atoms with Gasteiger partial charge in [0.15, 0.2) is 6.29 Å². The summed E-state index contributed by atoms with van der Waals surface area (Å²) in [5.74, 6) is 0. The zero-order valence-electron chi connectivity index (χ0n) is 9.50. The van der Waals surface area contributed by atoms with Crippen LogP contribution in [0, 0.1) is 6.92 Å². The Hall–Kier alpha value is -2.29. The Morgan fingerprint density at radius 3 is 2.29 bits per heavy atom. The second-order valence-electron chi connectivity index (χ2n) is 3.70. The molecule has 0 aliphatic carbocycles. The number of pyridine rings is 2. The summed E-state index contributed by atoms with van der Waals surface area (Å²) in [6.45, 7) is 1.95. The Morgan fingerprint density at radius 2 is 1.71 bits per heavy atom. The van der Waals surface area contributed by atoms with E-state index in [0.717, 1.165) is 23.2 Å². The van der Waals surface area contributed by atoms with Crippen LogP contribution in [0.1, 0.15) is 27.3 Å². The second-order valence-corrected chi connectivity index (χ2v) is 3.70. The van der Waals surface area contributed by atoms with Gasteiger partial charge in [0.1, 0.15) is 0 Å². The molecule has 0 saturated heterocycles. The van der Waals surface area contributed by atoms with Gasteiger partial charge in [0, 0.05) is 23.7 Å². The molecule has 0 bridgehead atoms. The van der Waals surface area contributed by atoms with E-state index in [9.17, 15) is 4.79 Å². The van der Waals surface area contributed by atoms with Gasteiger partial charge in [-0.1, -0.05) is 12.1 Å². The average Bonchev–Trinajstić information content (AvgIpc) is 2.39. The molecule has 0 radical (unpaired) electrons. The van der Waals surface area contributed by atoms with E-state index < -0.39 is 0 Å². The highest BCUT2D eigenvalue weighted by molar-refractivity contribution is 5.75. The fraction of sp³-hybridized carbons (Fsp3) is 0.0714. The first-order valence-corrected chi connectivity index (χ1v) is 5.30. The van der Waals surface area contributed by atoms with Gasteiger partial charge < -0.3 is 0 Å². The Bertz CT molecular complexity index is 527. The predicted molar refractivity (Wildman–Crippen MR) is 67.5 cm³/mol. The van der Waals surface area contributed by atoms with Crippen LogP contribution in [0.25, 0.3) is 12.2 Å². The van der Waals surface area contributed by atoms with E-state index in [1.165, 1.54) is 0 Å². The third-order valence-corrected chi connectivity index (χ3v) is 2.33. The summed E-state index contributed by atoms with van der Waals surface area (Å²) < 4.78 is 0. The minimum absolute atomic E-state index is 0.583. The maximum absolute atomic E-state index is 10.5. The predicted octanol–water partition coefficient (Wildman–Crippen LogP) is 2.77. The molecule has 2 heterocycles. The van der Waals surface area contributed by atoms with Gasteiger partial charge in [-0.2, -0.15) is 0 Å². The molecule has 0 amide bonds. The molecule has 0 N–H and O–H groups in total. The van der Waals surface area contributed by atoms with E-state index in [-0.39, 0.29) is 0 Å². The molecule has 2 aromatic rings. The van der Waals surface area contributed by atoms with Crippen molar-refractivity contribution in [3.8, 4) is 0 Å². The number of carbonyl (C=O) groups is 1. The highest BCUT2D eigenvalue weighted by Gasteiger charge is 1.92. The Balaban J connectivity index is 2.14. The Labute approximate surface area is 99.9 Å². The van der Waals surface area contributed by atoms with E-state index in [2.05, 4.69) is 9.97 Å². The summed E-state index contributed by atoms with van der Waals surface area (Å²) in [5, 5.41) is 0. The zero-order valence-corrected chi connectivity index (χ0v) is 9.50. The summed E-state index contributed by atoms with van der Waals surface area (Å²) in [6.07, 6.45) is 7.98. The minimum Gasteiger partial charge on any atom is -0.298 e. The molecule has 0 unspecified atom stereocenters. The summed E-state index contributed by atoms with van der Waals surface area (Å²) in [5.41, 5.74) is 3.42. The van der Waals surface area contributed by atoms with Crippen LogP contribution in [0.4, 0.5) is 0 Å². The van der Waals surface area contributed by atoms with Gasteiger partial charge in [0.25, 0.3) is 0 Å². The number of hydrogen-bond acceptors (Lipinski definition) is 3. The molecule has 84 valence electrons. The van der Waals surface area contributed by atoms with Crippen molar-refractivity contribution >= 4 is 18.4 Å². The number of nitrogens with zero attached hydrogens (tertiary/aromatic N) is 2. The van der Waals surface area contributed by atoms with Crippen molar-refractivity contribution in [1.82, 2.24) is 9.97 Å². The van der Waals surface area contributed by atoms with Gasteiger partial charge in [-0.3, -0.25) is 14.8 Å². The lowest BCUT2D eigenvalue weighted by Gasteiger charge is -1.95. The van der Waals surface area contributed by atoms with E-state index in [0.29, 0.717) is 5.56 Å². The highest BCUT2D eigenvalue weighted by Crippen LogP contribution is 2.06. The lowest BCUT2D eigenvalue weighted by atomic mass is 10.2.